The first-order valence-corrected chi connectivity index (χ1v) is 6.66. The minimum Gasteiger partial charge on any atom is -0.383 e. The lowest BCUT2D eigenvalue weighted by Crippen LogP contribution is -2.44. The predicted octanol–water partition coefficient (Wildman–Crippen LogP) is 2.56. The maximum Gasteiger partial charge on any atom is 0.317 e. The number of benzene rings is 1. The Kier molecular flexibility index (Phi) is 6.67. The van der Waals surface area contributed by atoms with E-state index in [1.54, 1.807) is 19.1 Å². The van der Waals surface area contributed by atoms with Gasteiger partial charge in [0, 0.05) is 31.8 Å². The molecule has 1 aromatic rings. The molecule has 0 aliphatic carbocycles. The van der Waals surface area contributed by atoms with Gasteiger partial charge in [0.25, 0.3) is 0 Å². The van der Waals surface area contributed by atoms with Gasteiger partial charge in [-0.2, -0.15) is 0 Å². The highest BCUT2D eigenvalue weighted by Crippen LogP contribution is 2.12. The van der Waals surface area contributed by atoms with Crippen LogP contribution >= 0.6 is 11.6 Å². The fraction of sp³-hybridized carbons (Fsp3) is 0.500. The summed E-state index contributed by atoms with van der Waals surface area (Å²) < 4.78 is 4.89. The van der Waals surface area contributed by atoms with Crippen molar-refractivity contribution in [3.05, 3.63) is 34.9 Å². The van der Waals surface area contributed by atoms with E-state index in [-0.39, 0.29) is 12.1 Å². The van der Waals surface area contributed by atoms with Gasteiger partial charge in [-0.15, -0.1) is 0 Å². The number of hydrogen-bond acceptors (Lipinski definition) is 2. The molecule has 1 aromatic carbocycles. The van der Waals surface area contributed by atoms with Crippen LogP contribution < -0.4 is 5.32 Å². The van der Waals surface area contributed by atoms with Crippen LogP contribution in [-0.2, 0) is 11.2 Å². The van der Waals surface area contributed by atoms with E-state index >= 15 is 0 Å². The van der Waals surface area contributed by atoms with Crippen LogP contribution in [0.25, 0.3) is 0 Å². The Morgan fingerprint density at radius 1 is 1.42 bits per heavy atom. The molecule has 5 heteroatoms. The number of methoxy groups -OCH3 is 1. The highest BCUT2D eigenvalue weighted by atomic mass is 35.5. The summed E-state index contributed by atoms with van der Waals surface area (Å²) in [5.41, 5.74) is 1.16. The first-order chi connectivity index (χ1) is 9.04. The van der Waals surface area contributed by atoms with Gasteiger partial charge >= 0.3 is 6.03 Å². The Labute approximate surface area is 119 Å². The van der Waals surface area contributed by atoms with E-state index in [0.29, 0.717) is 13.2 Å². The number of carbonyl (C=O) groups is 1. The number of urea groups is 1. The minimum absolute atomic E-state index is 0.0847. The van der Waals surface area contributed by atoms with Crippen molar-refractivity contribution in [3.8, 4) is 0 Å². The van der Waals surface area contributed by atoms with Crippen LogP contribution in [0.3, 0.4) is 0 Å². The van der Waals surface area contributed by atoms with Gasteiger partial charge in [0.2, 0.25) is 0 Å². The highest BCUT2D eigenvalue weighted by Gasteiger charge is 2.15. The van der Waals surface area contributed by atoms with Gasteiger partial charge in [-0.1, -0.05) is 23.7 Å². The van der Waals surface area contributed by atoms with Crippen molar-refractivity contribution in [2.75, 3.05) is 27.3 Å². The molecule has 1 rings (SSSR count). The normalized spacial score (nSPS) is 12.0. The van der Waals surface area contributed by atoms with Gasteiger partial charge in [0.1, 0.15) is 0 Å². The fourth-order valence-corrected chi connectivity index (χ4v) is 1.81. The SMILES string of the molecule is COCCNC(=O)N(C)C(C)Cc1ccc(Cl)cc1. The molecule has 1 unspecified atom stereocenters. The molecule has 0 bridgehead atoms. The smallest absolute Gasteiger partial charge is 0.317 e. The van der Waals surface area contributed by atoms with Crippen LogP contribution in [0.1, 0.15) is 12.5 Å². The molecule has 106 valence electrons. The zero-order chi connectivity index (χ0) is 14.3. The fourth-order valence-electron chi connectivity index (χ4n) is 1.68. The maximum atomic E-state index is 11.8. The molecule has 4 nitrogen and oxygen atoms in total. The number of likely N-dealkylation sites (N-methyl/N-ethyl adjacent to an activating group) is 1. The zero-order valence-corrected chi connectivity index (χ0v) is 12.4. The lowest BCUT2D eigenvalue weighted by molar-refractivity contribution is 0.177. The van der Waals surface area contributed by atoms with Gasteiger partial charge in [0.15, 0.2) is 0 Å². The van der Waals surface area contributed by atoms with Crippen LogP contribution in [-0.4, -0.2) is 44.3 Å². The second-order valence-corrected chi connectivity index (χ2v) is 4.95. The molecule has 0 fully saturated rings. The molecule has 19 heavy (non-hydrogen) atoms. The monoisotopic (exact) mass is 284 g/mol. The average molecular weight is 285 g/mol. The van der Waals surface area contributed by atoms with Crippen molar-refractivity contribution in [2.45, 2.75) is 19.4 Å². The van der Waals surface area contributed by atoms with Crippen LogP contribution in [0.2, 0.25) is 5.02 Å². The Morgan fingerprint density at radius 3 is 2.63 bits per heavy atom. The van der Waals surface area contributed by atoms with Gasteiger partial charge in [-0.25, -0.2) is 4.79 Å². The molecule has 0 aliphatic heterocycles. The topological polar surface area (TPSA) is 41.6 Å². The number of carbonyl (C=O) groups excluding carboxylic acids is 1. The van der Waals surface area contributed by atoms with Crippen LogP contribution in [0.15, 0.2) is 24.3 Å². The first-order valence-electron chi connectivity index (χ1n) is 6.28. The number of amides is 2. The third-order valence-corrected chi connectivity index (χ3v) is 3.26. The Morgan fingerprint density at radius 2 is 2.05 bits per heavy atom. The van der Waals surface area contributed by atoms with Gasteiger partial charge in [-0.3, -0.25) is 0 Å². The van der Waals surface area contributed by atoms with E-state index in [0.717, 1.165) is 17.0 Å². The van der Waals surface area contributed by atoms with Crippen molar-refractivity contribution in [1.29, 1.82) is 0 Å². The van der Waals surface area contributed by atoms with E-state index in [4.69, 9.17) is 16.3 Å². The molecule has 0 saturated carbocycles. The average Bonchev–Trinajstić information content (AvgIpc) is 2.40. The third-order valence-electron chi connectivity index (χ3n) is 3.01. The number of nitrogens with one attached hydrogen (secondary N) is 1. The van der Waals surface area contributed by atoms with Crippen LogP contribution in [0.5, 0.6) is 0 Å². The van der Waals surface area contributed by atoms with E-state index in [9.17, 15) is 4.79 Å². The zero-order valence-electron chi connectivity index (χ0n) is 11.6. The summed E-state index contributed by atoms with van der Waals surface area (Å²) in [6.45, 7) is 3.06. The molecule has 1 atom stereocenters. The molecule has 0 aliphatic rings. The number of hydrogen-bond donors (Lipinski definition) is 1. The van der Waals surface area contributed by atoms with E-state index < -0.39 is 0 Å². The van der Waals surface area contributed by atoms with E-state index in [2.05, 4.69) is 5.32 Å². The highest BCUT2D eigenvalue weighted by molar-refractivity contribution is 6.30. The summed E-state index contributed by atoms with van der Waals surface area (Å²) in [4.78, 5) is 13.5. The molecule has 0 spiro atoms. The van der Waals surface area contributed by atoms with Crippen molar-refractivity contribution in [3.63, 3.8) is 0 Å². The molecule has 0 aromatic heterocycles. The second kappa shape index (κ2) is 8.02. The molecule has 0 saturated heterocycles. The lowest BCUT2D eigenvalue weighted by Gasteiger charge is -2.25. The second-order valence-electron chi connectivity index (χ2n) is 4.52. The van der Waals surface area contributed by atoms with Crippen LogP contribution in [0.4, 0.5) is 4.79 Å². The molecular weight excluding hydrogens is 264 g/mol. The number of rotatable bonds is 6. The summed E-state index contributed by atoms with van der Waals surface area (Å²) in [6, 6.07) is 7.72. The number of ether oxygens (including phenoxy) is 1. The minimum atomic E-state index is -0.0847. The molecule has 0 radical (unpaired) electrons. The summed E-state index contributed by atoms with van der Waals surface area (Å²) in [7, 11) is 3.40. The molecular formula is C14H21ClN2O2. The molecule has 0 heterocycles. The summed E-state index contributed by atoms with van der Waals surface area (Å²) in [5, 5.41) is 3.52. The van der Waals surface area contributed by atoms with Gasteiger partial charge in [-0.05, 0) is 31.0 Å². The molecule has 2 amide bonds. The lowest BCUT2D eigenvalue weighted by atomic mass is 10.1. The summed E-state index contributed by atoms with van der Waals surface area (Å²) in [5.74, 6) is 0. The third kappa shape index (κ3) is 5.49. The van der Waals surface area contributed by atoms with Crippen molar-refractivity contribution >= 4 is 17.6 Å². The summed E-state index contributed by atoms with van der Waals surface area (Å²) >= 11 is 5.85. The van der Waals surface area contributed by atoms with E-state index in [1.807, 2.05) is 31.2 Å². The Balaban J connectivity index is 2.45. The van der Waals surface area contributed by atoms with Crippen molar-refractivity contribution in [2.24, 2.45) is 0 Å². The largest absolute Gasteiger partial charge is 0.383 e. The molecule has 1 N–H and O–H groups in total. The maximum absolute atomic E-state index is 11.8. The number of nitrogens with zero attached hydrogens (tertiary/aromatic N) is 1. The standard InChI is InChI=1S/C14H21ClN2O2/c1-11(10-12-4-6-13(15)7-5-12)17(2)14(18)16-8-9-19-3/h4-7,11H,8-10H2,1-3H3,(H,16,18). The quantitative estimate of drug-likeness (QED) is 0.816. The number of halogens is 1. The van der Waals surface area contributed by atoms with Crippen molar-refractivity contribution < 1.29 is 9.53 Å². The summed E-state index contributed by atoms with van der Waals surface area (Å²) in [6.07, 6.45) is 0.797. The van der Waals surface area contributed by atoms with Crippen molar-refractivity contribution in [1.82, 2.24) is 10.2 Å². The Bertz CT molecular complexity index is 395. The first kappa shape index (κ1) is 15.8. The van der Waals surface area contributed by atoms with Gasteiger partial charge < -0.3 is 15.0 Å². The predicted molar refractivity (Wildman–Crippen MR) is 77.7 cm³/mol. The van der Waals surface area contributed by atoms with E-state index in [1.165, 1.54) is 0 Å². The van der Waals surface area contributed by atoms with Crippen LogP contribution in [0, 0.1) is 0 Å². The van der Waals surface area contributed by atoms with Gasteiger partial charge in [0.05, 0.1) is 6.61 Å². The Hall–Kier alpha value is -1.26.